The molecule has 7 nitrogen and oxygen atoms in total. The minimum absolute atomic E-state index is 0.0974. The van der Waals surface area contributed by atoms with Crippen LogP contribution in [0.25, 0.3) is 11.0 Å². The Morgan fingerprint density at radius 3 is 2.57 bits per heavy atom. The summed E-state index contributed by atoms with van der Waals surface area (Å²) >= 11 is 0. The van der Waals surface area contributed by atoms with Gasteiger partial charge in [0.25, 0.3) is 5.91 Å². The van der Waals surface area contributed by atoms with Crippen LogP contribution in [0.3, 0.4) is 0 Å². The molecule has 0 bridgehead atoms. The van der Waals surface area contributed by atoms with Crippen LogP contribution in [0, 0.1) is 0 Å². The number of amides is 1. The molecule has 158 valence electrons. The minimum atomic E-state index is -0.196. The zero-order chi connectivity index (χ0) is 21.1. The van der Waals surface area contributed by atoms with Crippen LogP contribution in [0.1, 0.15) is 54.1 Å². The van der Waals surface area contributed by atoms with Crippen molar-refractivity contribution in [2.45, 2.75) is 44.7 Å². The average molecular weight is 409 g/mol. The molecular weight excluding hydrogens is 382 g/mol. The molecule has 4 rings (SSSR count). The number of carbonyl (C=O) groups is 1. The molecular formula is C23H27N3O4. The molecule has 0 unspecified atom stereocenters. The lowest BCUT2D eigenvalue weighted by molar-refractivity contribution is 0.0951. The number of fused-ring (bicyclic) bond motifs is 1. The third-order valence-corrected chi connectivity index (χ3v) is 5.82. The highest BCUT2D eigenvalue weighted by Gasteiger charge is 2.20. The van der Waals surface area contributed by atoms with Crippen LogP contribution < -0.4 is 20.5 Å². The number of rotatable bonds is 6. The highest BCUT2D eigenvalue weighted by Crippen LogP contribution is 2.30. The Morgan fingerprint density at radius 2 is 1.83 bits per heavy atom. The predicted octanol–water partition coefficient (Wildman–Crippen LogP) is 3.78. The third kappa shape index (κ3) is 3.92. The van der Waals surface area contributed by atoms with Crippen LogP contribution >= 0.6 is 0 Å². The van der Waals surface area contributed by atoms with E-state index in [1.165, 1.54) is 6.42 Å². The summed E-state index contributed by atoms with van der Waals surface area (Å²) in [6.07, 6.45) is 5.60. The largest absolute Gasteiger partial charge is 0.493 e. The lowest BCUT2D eigenvalue weighted by Gasteiger charge is -2.22. The first-order valence-corrected chi connectivity index (χ1v) is 10.3. The van der Waals surface area contributed by atoms with Gasteiger partial charge in [0.05, 0.1) is 25.3 Å². The van der Waals surface area contributed by atoms with Gasteiger partial charge in [-0.25, -0.2) is 4.79 Å². The van der Waals surface area contributed by atoms with Gasteiger partial charge in [0.2, 0.25) is 0 Å². The second kappa shape index (κ2) is 8.65. The summed E-state index contributed by atoms with van der Waals surface area (Å²) < 4.78 is 12.4. The van der Waals surface area contributed by atoms with Gasteiger partial charge in [0.15, 0.2) is 11.5 Å². The maximum Gasteiger partial charge on any atom is 0.326 e. The molecule has 1 amide bonds. The molecule has 1 aliphatic rings. The predicted molar refractivity (Wildman–Crippen MR) is 115 cm³/mol. The Balaban J connectivity index is 1.50. The van der Waals surface area contributed by atoms with E-state index in [1.54, 1.807) is 26.4 Å². The van der Waals surface area contributed by atoms with E-state index in [9.17, 15) is 9.59 Å². The van der Waals surface area contributed by atoms with Crippen LogP contribution in [0.2, 0.25) is 0 Å². The van der Waals surface area contributed by atoms with Crippen LogP contribution in [-0.4, -0.2) is 29.7 Å². The fourth-order valence-electron chi connectivity index (χ4n) is 4.25. The number of imidazole rings is 1. The molecule has 30 heavy (non-hydrogen) atoms. The fourth-order valence-corrected chi connectivity index (χ4v) is 4.25. The van der Waals surface area contributed by atoms with Gasteiger partial charge in [0, 0.05) is 18.2 Å². The maximum atomic E-state index is 12.7. The summed E-state index contributed by atoms with van der Waals surface area (Å²) in [5.41, 5.74) is 2.88. The van der Waals surface area contributed by atoms with E-state index in [4.69, 9.17) is 9.47 Å². The van der Waals surface area contributed by atoms with E-state index in [2.05, 4.69) is 10.3 Å². The van der Waals surface area contributed by atoms with Crippen LogP contribution in [0.15, 0.2) is 41.2 Å². The number of hydrogen-bond donors (Lipinski definition) is 2. The number of benzene rings is 2. The van der Waals surface area contributed by atoms with Crippen molar-refractivity contribution in [1.82, 2.24) is 14.9 Å². The van der Waals surface area contributed by atoms with E-state index in [-0.39, 0.29) is 17.6 Å². The molecule has 1 saturated carbocycles. The second-order valence-electron chi connectivity index (χ2n) is 7.70. The smallest absolute Gasteiger partial charge is 0.326 e. The van der Waals surface area contributed by atoms with Crippen molar-refractivity contribution in [2.75, 3.05) is 14.2 Å². The quantitative estimate of drug-likeness (QED) is 0.649. The van der Waals surface area contributed by atoms with E-state index >= 15 is 0 Å². The van der Waals surface area contributed by atoms with E-state index in [0.717, 1.165) is 36.8 Å². The highest BCUT2D eigenvalue weighted by atomic mass is 16.5. The molecule has 2 N–H and O–H groups in total. The number of H-pyrrole nitrogens is 1. The first kappa shape index (κ1) is 20.1. The standard InChI is InChI=1S/C23H27N3O4/c1-29-20-11-8-15(12-21(20)30-2)14-24-22(27)16-9-10-19-18(13-16)25-23(28)26(19)17-6-4-3-5-7-17/h8-13,17H,3-7,14H2,1-2H3,(H,24,27)(H,25,28). The van der Waals surface area contributed by atoms with E-state index < -0.39 is 0 Å². The number of carbonyl (C=O) groups excluding carboxylic acids is 1. The first-order valence-electron chi connectivity index (χ1n) is 10.3. The number of ether oxygens (including phenoxy) is 2. The number of nitrogens with one attached hydrogen (secondary N) is 2. The van der Waals surface area contributed by atoms with Crippen molar-refractivity contribution in [3.63, 3.8) is 0 Å². The summed E-state index contributed by atoms with van der Waals surface area (Å²) in [4.78, 5) is 28.1. The molecule has 0 saturated heterocycles. The summed E-state index contributed by atoms with van der Waals surface area (Å²) in [6, 6.07) is 11.2. The zero-order valence-corrected chi connectivity index (χ0v) is 17.4. The number of hydrogen-bond acceptors (Lipinski definition) is 4. The summed E-state index contributed by atoms with van der Waals surface area (Å²) in [7, 11) is 3.16. The Hall–Kier alpha value is -3.22. The van der Waals surface area contributed by atoms with Gasteiger partial charge in [-0.15, -0.1) is 0 Å². The molecule has 0 atom stereocenters. The van der Waals surface area contributed by atoms with Crippen LogP contribution in [-0.2, 0) is 6.54 Å². The average Bonchev–Trinajstić information content (AvgIpc) is 3.12. The normalized spacial score (nSPS) is 14.6. The van der Waals surface area contributed by atoms with Crippen molar-refractivity contribution in [2.24, 2.45) is 0 Å². The third-order valence-electron chi connectivity index (χ3n) is 5.82. The number of nitrogens with zero attached hydrogens (tertiary/aromatic N) is 1. The lowest BCUT2D eigenvalue weighted by Crippen LogP contribution is -2.24. The van der Waals surface area contributed by atoms with Gasteiger partial charge in [-0.2, -0.15) is 0 Å². The van der Waals surface area contributed by atoms with Crippen molar-refractivity contribution in [3.8, 4) is 11.5 Å². The molecule has 0 aliphatic heterocycles. The van der Waals surface area contributed by atoms with Crippen molar-refractivity contribution in [3.05, 3.63) is 58.0 Å². The summed E-state index contributed by atoms with van der Waals surface area (Å²) in [6.45, 7) is 0.358. The fraction of sp³-hybridized carbons (Fsp3) is 0.391. The molecule has 3 aromatic rings. The lowest BCUT2D eigenvalue weighted by atomic mass is 9.95. The van der Waals surface area contributed by atoms with Crippen LogP contribution in [0.4, 0.5) is 0 Å². The van der Waals surface area contributed by atoms with Gasteiger partial charge in [-0.05, 0) is 48.7 Å². The zero-order valence-electron chi connectivity index (χ0n) is 17.4. The molecule has 1 aliphatic carbocycles. The SMILES string of the molecule is COc1ccc(CNC(=O)c2ccc3c(c2)[nH]c(=O)n3C2CCCCC2)cc1OC. The van der Waals surface area contributed by atoms with Crippen LogP contribution in [0.5, 0.6) is 11.5 Å². The van der Waals surface area contributed by atoms with Crippen molar-refractivity contribution >= 4 is 16.9 Å². The monoisotopic (exact) mass is 409 g/mol. The summed E-state index contributed by atoms with van der Waals surface area (Å²) in [5.74, 6) is 1.06. The topological polar surface area (TPSA) is 85.4 Å². The summed E-state index contributed by atoms with van der Waals surface area (Å²) in [5, 5.41) is 2.92. The van der Waals surface area contributed by atoms with Crippen molar-refractivity contribution in [1.29, 1.82) is 0 Å². The Bertz CT molecular complexity index is 1110. The first-order chi connectivity index (χ1) is 14.6. The molecule has 7 heteroatoms. The Morgan fingerprint density at radius 1 is 1.07 bits per heavy atom. The maximum absolute atomic E-state index is 12.7. The van der Waals surface area contributed by atoms with Gasteiger partial charge >= 0.3 is 5.69 Å². The molecule has 1 heterocycles. The molecule has 2 aromatic carbocycles. The molecule has 0 spiro atoms. The molecule has 1 aromatic heterocycles. The number of aromatic nitrogens is 2. The van der Waals surface area contributed by atoms with Gasteiger partial charge < -0.3 is 19.8 Å². The van der Waals surface area contributed by atoms with Gasteiger partial charge in [0.1, 0.15) is 0 Å². The Kier molecular flexibility index (Phi) is 5.79. The minimum Gasteiger partial charge on any atom is -0.493 e. The van der Waals surface area contributed by atoms with E-state index in [1.807, 2.05) is 28.8 Å². The number of aromatic amines is 1. The van der Waals surface area contributed by atoms with Gasteiger partial charge in [-0.3, -0.25) is 9.36 Å². The van der Waals surface area contributed by atoms with Gasteiger partial charge in [-0.1, -0.05) is 25.3 Å². The second-order valence-corrected chi connectivity index (χ2v) is 7.70. The van der Waals surface area contributed by atoms with E-state index in [0.29, 0.717) is 29.1 Å². The molecule has 1 fully saturated rings. The number of methoxy groups -OCH3 is 2. The molecule has 0 radical (unpaired) electrons. The highest BCUT2D eigenvalue weighted by molar-refractivity contribution is 5.97. The van der Waals surface area contributed by atoms with Crippen molar-refractivity contribution < 1.29 is 14.3 Å². The Labute approximate surface area is 175 Å².